The van der Waals surface area contributed by atoms with Gasteiger partial charge in [0.05, 0.1) is 25.3 Å². The minimum Gasteiger partial charge on any atom is -0.495 e. The van der Waals surface area contributed by atoms with Gasteiger partial charge in [-0.25, -0.2) is 4.79 Å². The smallest absolute Gasteiger partial charge is 0.407 e. The van der Waals surface area contributed by atoms with Crippen LogP contribution in [0.1, 0.15) is 48.0 Å². The van der Waals surface area contributed by atoms with Crippen molar-refractivity contribution in [3.8, 4) is 5.75 Å². The second kappa shape index (κ2) is 12.2. The molecule has 3 amide bonds. The minimum atomic E-state index is -0.617. The summed E-state index contributed by atoms with van der Waals surface area (Å²) in [7, 11) is 1.53. The van der Waals surface area contributed by atoms with Gasteiger partial charge in [0.2, 0.25) is 11.8 Å². The van der Waals surface area contributed by atoms with E-state index in [1.807, 2.05) is 26.8 Å². The van der Waals surface area contributed by atoms with Crippen LogP contribution in [-0.2, 0) is 14.3 Å². The first-order chi connectivity index (χ1) is 14.5. The third-order valence-corrected chi connectivity index (χ3v) is 4.41. The molecule has 31 heavy (non-hydrogen) atoms. The van der Waals surface area contributed by atoms with Crippen molar-refractivity contribution in [1.29, 1.82) is 0 Å². The highest BCUT2D eigenvalue weighted by atomic mass is 16.6. The van der Waals surface area contributed by atoms with Gasteiger partial charge < -0.3 is 25.0 Å². The number of anilines is 1. The number of para-hydroxylation sites is 2. The molecule has 2 N–H and O–H groups in total. The van der Waals surface area contributed by atoms with E-state index in [0.717, 1.165) is 0 Å². The quantitative estimate of drug-likeness (QED) is 0.584. The maximum atomic E-state index is 13.1. The average Bonchev–Trinajstić information content (AvgIpc) is 2.67. The summed E-state index contributed by atoms with van der Waals surface area (Å²) in [6.45, 7) is 11.6. The number of nitrogens with zero attached hydrogens (tertiary/aromatic N) is 1. The number of carbonyl (C=O) groups excluding carboxylic acids is 3. The number of methoxy groups -OCH3 is 1. The maximum absolute atomic E-state index is 13.1. The topological polar surface area (TPSA) is 97.0 Å². The molecule has 0 heterocycles. The van der Waals surface area contributed by atoms with E-state index in [1.54, 1.807) is 39.0 Å². The first-order valence-corrected chi connectivity index (χ1v) is 10.6. The molecular formula is C23H37N3O5. The van der Waals surface area contributed by atoms with E-state index in [2.05, 4.69) is 10.6 Å². The van der Waals surface area contributed by atoms with Crippen LogP contribution in [0.4, 0.5) is 10.5 Å². The lowest BCUT2D eigenvalue weighted by atomic mass is 9.95. The van der Waals surface area contributed by atoms with Crippen LogP contribution in [0.3, 0.4) is 0 Å². The Morgan fingerprint density at radius 3 is 2.32 bits per heavy atom. The molecule has 0 aliphatic heterocycles. The molecule has 0 aromatic heterocycles. The number of rotatable bonds is 10. The molecule has 8 nitrogen and oxygen atoms in total. The standard InChI is InChI=1S/C23H37N3O5/c1-8-26(15-20(27)25-18-11-9-10-12-19(18)30-7)21(28)17(13-16(2)3)14-24-22(29)31-23(4,5)6/h9-12,16-17H,8,13-15H2,1-7H3,(H,24,29)(H,25,27)/t17-/m1/s1. The Hall–Kier alpha value is -2.77. The van der Waals surface area contributed by atoms with Gasteiger partial charge in [0, 0.05) is 13.1 Å². The van der Waals surface area contributed by atoms with E-state index in [1.165, 1.54) is 12.0 Å². The van der Waals surface area contributed by atoms with Crippen LogP contribution in [0.25, 0.3) is 0 Å². The number of amides is 3. The highest BCUT2D eigenvalue weighted by Crippen LogP contribution is 2.23. The number of hydrogen-bond donors (Lipinski definition) is 2. The van der Waals surface area contributed by atoms with Crippen LogP contribution in [0.15, 0.2) is 24.3 Å². The lowest BCUT2D eigenvalue weighted by molar-refractivity contribution is -0.138. The van der Waals surface area contributed by atoms with Crippen molar-refractivity contribution >= 4 is 23.6 Å². The molecule has 1 atom stereocenters. The predicted octanol–water partition coefficient (Wildman–Crippen LogP) is 3.67. The number of hydrogen-bond acceptors (Lipinski definition) is 5. The first-order valence-electron chi connectivity index (χ1n) is 10.6. The number of alkyl carbamates (subject to hydrolysis) is 1. The molecular weight excluding hydrogens is 398 g/mol. The fraction of sp³-hybridized carbons (Fsp3) is 0.609. The number of nitrogens with one attached hydrogen (secondary N) is 2. The van der Waals surface area contributed by atoms with Crippen LogP contribution in [0, 0.1) is 11.8 Å². The fourth-order valence-electron chi connectivity index (χ4n) is 3.08. The van der Waals surface area contributed by atoms with Crippen LogP contribution in [0.2, 0.25) is 0 Å². The van der Waals surface area contributed by atoms with Crippen molar-refractivity contribution in [2.75, 3.05) is 32.1 Å². The first kappa shape index (κ1) is 26.3. The second-order valence-corrected chi connectivity index (χ2v) is 8.81. The highest BCUT2D eigenvalue weighted by molar-refractivity contribution is 5.96. The predicted molar refractivity (Wildman–Crippen MR) is 121 cm³/mol. The van der Waals surface area contributed by atoms with Gasteiger partial charge in [-0.2, -0.15) is 0 Å². The summed E-state index contributed by atoms with van der Waals surface area (Å²) < 4.78 is 10.5. The highest BCUT2D eigenvalue weighted by Gasteiger charge is 2.27. The van der Waals surface area contributed by atoms with Crippen LogP contribution in [0.5, 0.6) is 5.75 Å². The van der Waals surface area contributed by atoms with Crippen LogP contribution < -0.4 is 15.4 Å². The van der Waals surface area contributed by atoms with Crippen molar-refractivity contribution in [3.05, 3.63) is 24.3 Å². The van der Waals surface area contributed by atoms with E-state index >= 15 is 0 Å². The van der Waals surface area contributed by atoms with Crippen molar-refractivity contribution < 1.29 is 23.9 Å². The zero-order valence-corrected chi connectivity index (χ0v) is 19.8. The molecule has 0 bridgehead atoms. The van der Waals surface area contributed by atoms with Crippen molar-refractivity contribution in [3.63, 3.8) is 0 Å². The minimum absolute atomic E-state index is 0.0889. The maximum Gasteiger partial charge on any atom is 0.407 e. The summed E-state index contributed by atoms with van der Waals surface area (Å²) in [6.07, 6.45) is 0.0187. The summed E-state index contributed by atoms with van der Waals surface area (Å²) >= 11 is 0. The van der Waals surface area contributed by atoms with Gasteiger partial charge in [-0.15, -0.1) is 0 Å². The largest absolute Gasteiger partial charge is 0.495 e. The van der Waals surface area contributed by atoms with Crippen LogP contribution in [-0.4, -0.2) is 55.2 Å². The average molecular weight is 436 g/mol. The third-order valence-electron chi connectivity index (χ3n) is 4.41. The van der Waals surface area contributed by atoms with E-state index < -0.39 is 17.6 Å². The summed E-state index contributed by atoms with van der Waals surface area (Å²) in [5.41, 5.74) is -0.0722. The van der Waals surface area contributed by atoms with Gasteiger partial charge in [0.1, 0.15) is 11.4 Å². The number of benzene rings is 1. The molecule has 0 unspecified atom stereocenters. The lowest BCUT2D eigenvalue weighted by Crippen LogP contribution is -2.45. The van der Waals surface area contributed by atoms with Gasteiger partial charge in [0.25, 0.3) is 0 Å². The van der Waals surface area contributed by atoms with E-state index in [4.69, 9.17) is 9.47 Å². The van der Waals surface area contributed by atoms with Gasteiger partial charge in [-0.05, 0) is 52.2 Å². The molecule has 0 saturated heterocycles. The Kier molecular flexibility index (Phi) is 10.3. The molecule has 0 radical (unpaired) electrons. The zero-order valence-electron chi connectivity index (χ0n) is 19.8. The van der Waals surface area contributed by atoms with Crippen molar-refractivity contribution in [2.45, 2.75) is 53.6 Å². The fourth-order valence-corrected chi connectivity index (χ4v) is 3.08. The number of ether oxygens (including phenoxy) is 2. The molecule has 1 aromatic carbocycles. The zero-order chi connectivity index (χ0) is 23.6. The van der Waals surface area contributed by atoms with E-state index in [-0.39, 0.29) is 30.8 Å². The number of carbonyl (C=O) groups is 3. The molecule has 0 spiro atoms. The normalized spacial score (nSPS) is 12.1. The molecule has 0 saturated carbocycles. The molecule has 8 heteroatoms. The van der Waals surface area contributed by atoms with Gasteiger partial charge in [-0.3, -0.25) is 9.59 Å². The summed E-state index contributed by atoms with van der Waals surface area (Å²) in [6, 6.07) is 7.09. The van der Waals surface area contributed by atoms with E-state index in [9.17, 15) is 14.4 Å². The lowest BCUT2D eigenvalue weighted by Gasteiger charge is -2.27. The summed E-state index contributed by atoms with van der Waals surface area (Å²) in [5, 5.41) is 5.48. The summed E-state index contributed by atoms with van der Waals surface area (Å²) in [5.74, 6) is -0.156. The van der Waals surface area contributed by atoms with E-state index in [0.29, 0.717) is 24.4 Å². The Morgan fingerprint density at radius 1 is 1.13 bits per heavy atom. The molecule has 0 fully saturated rings. The Bertz CT molecular complexity index is 743. The number of likely N-dealkylation sites (N-methyl/N-ethyl adjacent to an activating group) is 1. The monoisotopic (exact) mass is 435 g/mol. The Balaban J connectivity index is 2.80. The molecule has 0 aliphatic carbocycles. The van der Waals surface area contributed by atoms with Gasteiger partial charge in [0.15, 0.2) is 0 Å². The van der Waals surface area contributed by atoms with Crippen LogP contribution >= 0.6 is 0 Å². The Morgan fingerprint density at radius 2 is 1.77 bits per heavy atom. The molecule has 0 aliphatic rings. The molecule has 1 rings (SSSR count). The van der Waals surface area contributed by atoms with Crippen molar-refractivity contribution in [1.82, 2.24) is 10.2 Å². The second-order valence-electron chi connectivity index (χ2n) is 8.81. The molecule has 174 valence electrons. The van der Waals surface area contributed by atoms with Crippen molar-refractivity contribution in [2.24, 2.45) is 11.8 Å². The SMILES string of the molecule is CCN(CC(=O)Nc1ccccc1OC)C(=O)[C@@H](CNC(=O)OC(C)(C)C)CC(C)C. The Labute approximate surface area is 185 Å². The van der Waals surface area contributed by atoms with Gasteiger partial charge in [-0.1, -0.05) is 26.0 Å². The third kappa shape index (κ3) is 9.72. The summed E-state index contributed by atoms with van der Waals surface area (Å²) in [4.78, 5) is 39.2. The van der Waals surface area contributed by atoms with Gasteiger partial charge >= 0.3 is 6.09 Å². The molecule has 1 aromatic rings.